The number of nitrogens with zero attached hydrogens (tertiary/aromatic N) is 1. The number of fused-ring (bicyclic) bond motifs is 3. The van der Waals surface area contributed by atoms with E-state index in [4.69, 9.17) is 4.74 Å². The van der Waals surface area contributed by atoms with Crippen molar-refractivity contribution in [3.8, 4) is 5.88 Å². The summed E-state index contributed by atoms with van der Waals surface area (Å²) in [5.74, 6) is 0.129. The number of hydrogen-bond donors (Lipinski definition) is 1. The minimum absolute atomic E-state index is 0. The number of alkyl halides is 3. The van der Waals surface area contributed by atoms with Gasteiger partial charge in [-0.3, -0.25) is 0 Å². The lowest BCUT2D eigenvalue weighted by Crippen LogP contribution is -2.36. The van der Waals surface area contributed by atoms with E-state index < -0.39 is 11.9 Å². The SMILES string of the molecule is Cl.FC(F)(F)c1ccc2c(n1)O[C@H]1CCCN[C@@H]21. The van der Waals surface area contributed by atoms with Gasteiger partial charge in [0.1, 0.15) is 11.8 Å². The lowest BCUT2D eigenvalue weighted by Gasteiger charge is -2.24. The Bertz CT molecular complexity index is 452. The van der Waals surface area contributed by atoms with Crippen LogP contribution in [-0.4, -0.2) is 17.6 Å². The predicted octanol–water partition coefficient (Wildman–Crippen LogP) is 2.71. The van der Waals surface area contributed by atoms with Gasteiger partial charge in [-0.25, -0.2) is 4.98 Å². The van der Waals surface area contributed by atoms with Gasteiger partial charge in [0.25, 0.3) is 0 Å². The molecule has 1 N–H and O–H groups in total. The van der Waals surface area contributed by atoms with E-state index in [0.29, 0.717) is 0 Å². The normalized spacial score (nSPS) is 25.7. The fraction of sp³-hybridized carbons (Fsp3) is 0.545. The van der Waals surface area contributed by atoms with Crippen LogP contribution in [-0.2, 0) is 6.18 Å². The summed E-state index contributed by atoms with van der Waals surface area (Å²) in [5.41, 5.74) is -0.155. The third-order valence-corrected chi connectivity index (χ3v) is 3.18. The Hall–Kier alpha value is -1.01. The highest BCUT2D eigenvalue weighted by Gasteiger charge is 2.40. The Balaban J connectivity index is 0.00000120. The number of halogens is 4. The molecule has 0 amide bonds. The Morgan fingerprint density at radius 2 is 2.11 bits per heavy atom. The van der Waals surface area contributed by atoms with Crippen LogP contribution >= 0.6 is 12.4 Å². The van der Waals surface area contributed by atoms with Gasteiger partial charge in [-0.05, 0) is 31.5 Å². The van der Waals surface area contributed by atoms with Crippen LogP contribution in [0.2, 0.25) is 0 Å². The summed E-state index contributed by atoms with van der Waals surface area (Å²) < 4.78 is 43.0. The van der Waals surface area contributed by atoms with Crippen LogP contribution in [0.5, 0.6) is 5.88 Å². The van der Waals surface area contributed by atoms with Crippen LogP contribution in [0.25, 0.3) is 0 Å². The third-order valence-electron chi connectivity index (χ3n) is 3.18. The van der Waals surface area contributed by atoms with Gasteiger partial charge in [0, 0.05) is 5.56 Å². The predicted molar refractivity (Wildman–Crippen MR) is 60.9 cm³/mol. The lowest BCUT2D eigenvalue weighted by atomic mass is 9.98. The minimum atomic E-state index is -4.42. The van der Waals surface area contributed by atoms with Crippen molar-refractivity contribution in [1.29, 1.82) is 0 Å². The van der Waals surface area contributed by atoms with E-state index in [1.54, 1.807) is 0 Å². The van der Waals surface area contributed by atoms with Crippen LogP contribution in [0.1, 0.15) is 30.1 Å². The molecule has 0 unspecified atom stereocenters. The van der Waals surface area contributed by atoms with Crippen molar-refractivity contribution < 1.29 is 17.9 Å². The molecule has 3 nitrogen and oxygen atoms in total. The molecule has 0 spiro atoms. The maximum Gasteiger partial charge on any atom is 0.433 e. The first kappa shape index (κ1) is 13.4. The van der Waals surface area contributed by atoms with Crippen LogP contribution in [0, 0.1) is 0 Å². The van der Waals surface area contributed by atoms with E-state index in [1.165, 1.54) is 6.07 Å². The molecular weight excluding hydrogens is 269 g/mol. The molecule has 0 saturated carbocycles. The number of rotatable bonds is 0. The fourth-order valence-electron chi connectivity index (χ4n) is 2.38. The fourth-order valence-corrected chi connectivity index (χ4v) is 2.38. The summed E-state index contributed by atoms with van der Waals surface area (Å²) in [6, 6.07) is 2.48. The summed E-state index contributed by atoms with van der Waals surface area (Å²) >= 11 is 0. The molecule has 0 bridgehead atoms. The zero-order chi connectivity index (χ0) is 12.0. The first-order chi connectivity index (χ1) is 8.05. The number of hydrogen-bond acceptors (Lipinski definition) is 3. The van der Waals surface area contributed by atoms with E-state index in [2.05, 4.69) is 10.3 Å². The van der Waals surface area contributed by atoms with E-state index in [0.717, 1.165) is 31.0 Å². The zero-order valence-corrected chi connectivity index (χ0v) is 10.1. The molecule has 1 fully saturated rings. The van der Waals surface area contributed by atoms with Crippen molar-refractivity contribution in [2.75, 3.05) is 6.54 Å². The molecule has 100 valence electrons. The van der Waals surface area contributed by atoms with E-state index >= 15 is 0 Å². The number of pyridine rings is 1. The summed E-state index contributed by atoms with van der Waals surface area (Å²) in [5, 5.41) is 3.25. The largest absolute Gasteiger partial charge is 0.472 e. The number of ether oxygens (including phenoxy) is 1. The van der Waals surface area contributed by atoms with E-state index in [-0.39, 0.29) is 30.4 Å². The van der Waals surface area contributed by atoms with Crippen molar-refractivity contribution in [2.24, 2.45) is 0 Å². The quantitative estimate of drug-likeness (QED) is 0.793. The first-order valence-corrected chi connectivity index (χ1v) is 5.54. The Morgan fingerprint density at radius 3 is 2.83 bits per heavy atom. The van der Waals surface area contributed by atoms with Gasteiger partial charge in [0.15, 0.2) is 0 Å². The molecule has 1 aromatic heterocycles. The third kappa shape index (κ3) is 2.14. The molecule has 3 heterocycles. The standard InChI is InChI=1S/C11H11F3N2O.ClH/c12-11(13,14)8-4-3-6-9-7(2-1-5-15-9)17-10(6)16-8;/h3-4,7,9,15H,1-2,5H2;1H/t7-,9-;/m0./s1. The van der Waals surface area contributed by atoms with Gasteiger partial charge < -0.3 is 10.1 Å². The molecule has 0 aromatic carbocycles. The van der Waals surface area contributed by atoms with Gasteiger partial charge in [-0.1, -0.05) is 0 Å². The average molecular weight is 281 g/mol. The highest BCUT2D eigenvalue weighted by molar-refractivity contribution is 5.85. The molecular formula is C11H12ClF3N2O. The van der Waals surface area contributed by atoms with E-state index in [1.807, 2.05) is 0 Å². The number of nitrogens with one attached hydrogen (secondary N) is 1. The molecule has 2 aliphatic heterocycles. The second-order valence-electron chi connectivity index (χ2n) is 4.32. The highest BCUT2D eigenvalue weighted by Crippen LogP contribution is 2.40. The Morgan fingerprint density at radius 1 is 1.33 bits per heavy atom. The smallest absolute Gasteiger partial charge is 0.433 e. The van der Waals surface area contributed by atoms with Crippen LogP contribution in [0.3, 0.4) is 0 Å². The number of piperidine rings is 1. The second-order valence-corrected chi connectivity index (χ2v) is 4.32. The van der Waals surface area contributed by atoms with Crippen LogP contribution in [0.15, 0.2) is 12.1 Å². The van der Waals surface area contributed by atoms with Crippen molar-refractivity contribution >= 4 is 12.4 Å². The van der Waals surface area contributed by atoms with Gasteiger partial charge in [-0.2, -0.15) is 13.2 Å². The Labute approximate surface area is 108 Å². The number of aromatic nitrogens is 1. The minimum Gasteiger partial charge on any atom is -0.472 e. The molecule has 18 heavy (non-hydrogen) atoms. The summed E-state index contributed by atoms with van der Waals surface area (Å²) in [7, 11) is 0. The van der Waals surface area contributed by atoms with Gasteiger partial charge in [0.2, 0.25) is 5.88 Å². The molecule has 1 aromatic rings. The summed E-state index contributed by atoms with van der Waals surface area (Å²) in [6.45, 7) is 0.866. The molecule has 1 saturated heterocycles. The van der Waals surface area contributed by atoms with Crippen molar-refractivity contribution in [3.63, 3.8) is 0 Å². The van der Waals surface area contributed by atoms with E-state index in [9.17, 15) is 13.2 Å². The molecule has 7 heteroatoms. The van der Waals surface area contributed by atoms with Gasteiger partial charge >= 0.3 is 6.18 Å². The average Bonchev–Trinajstić information content (AvgIpc) is 2.65. The lowest BCUT2D eigenvalue weighted by molar-refractivity contribution is -0.141. The van der Waals surface area contributed by atoms with Crippen LogP contribution in [0.4, 0.5) is 13.2 Å². The monoisotopic (exact) mass is 280 g/mol. The highest BCUT2D eigenvalue weighted by atomic mass is 35.5. The van der Waals surface area contributed by atoms with Crippen molar-refractivity contribution in [3.05, 3.63) is 23.4 Å². The molecule has 2 aliphatic rings. The first-order valence-electron chi connectivity index (χ1n) is 5.54. The molecule has 0 aliphatic carbocycles. The van der Waals surface area contributed by atoms with Crippen LogP contribution < -0.4 is 10.1 Å². The topological polar surface area (TPSA) is 34.1 Å². The zero-order valence-electron chi connectivity index (χ0n) is 9.33. The Kier molecular flexibility index (Phi) is 3.42. The summed E-state index contributed by atoms with van der Waals surface area (Å²) in [6.07, 6.45) is -2.66. The maximum atomic E-state index is 12.5. The van der Waals surface area contributed by atoms with Gasteiger partial charge in [0.05, 0.1) is 6.04 Å². The van der Waals surface area contributed by atoms with Gasteiger partial charge in [-0.15, -0.1) is 12.4 Å². The maximum absolute atomic E-state index is 12.5. The van der Waals surface area contributed by atoms with Crippen molar-refractivity contribution in [2.45, 2.75) is 31.2 Å². The van der Waals surface area contributed by atoms with Crippen molar-refractivity contribution in [1.82, 2.24) is 10.3 Å². The summed E-state index contributed by atoms with van der Waals surface area (Å²) in [4.78, 5) is 3.56. The molecule has 0 radical (unpaired) electrons. The molecule has 2 atom stereocenters. The second kappa shape index (κ2) is 4.59. The molecule has 3 rings (SSSR count).